The average Bonchev–Trinajstić information content (AvgIpc) is 3.22. The molecule has 1 saturated heterocycles. The molecule has 144 valence electrons. The number of nitrogens with zero attached hydrogens (tertiary/aromatic N) is 2. The SMILES string of the molecule is Cc1cc(C#CCN(C)c2cccc(C(=N)N)c2)ccc1C(=O)N1CCCC1. The fraction of sp³-hybridized carbons (Fsp3) is 0.304. The van der Waals surface area contributed by atoms with Crippen molar-refractivity contribution in [3.63, 3.8) is 0 Å². The first-order valence-corrected chi connectivity index (χ1v) is 9.50. The van der Waals surface area contributed by atoms with Gasteiger partial charge in [0.05, 0.1) is 6.54 Å². The highest BCUT2D eigenvalue weighted by atomic mass is 16.2. The van der Waals surface area contributed by atoms with Gasteiger partial charge in [-0.2, -0.15) is 0 Å². The molecule has 0 bridgehead atoms. The minimum Gasteiger partial charge on any atom is -0.384 e. The predicted octanol–water partition coefficient (Wildman–Crippen LogP) is 3.00. The molecule has 0 spiro atoms. The highest BCUT2D eigenvalue weighted by molar-refractivity contribution is 5.96. The molecule has 5 heteroatoms. The number of amides is 1. The van der Waals surface area contributed by atoms with Gasteiger partial charge in [0.1, 0.15) is 5.84 Å². The Morgan fingerprint density at radius 2 is 1.96 bits per heavy atom. The fourth-order valence-corrected chi connectivity index (χ4v) is 3.33. The zero-order valence-electron chi connectivity index (χ0n) is 16.5. The molecule has 0 atom stereocenters. The van der Waals surface area contributed by atoms with Crippen LogP contribution in [0.5, 0.6) is 0 Å². The summed E-state index contributed by atoms with van der Waals surface area (Å²) in [4.78, 5) is 16.5. The van der Waals surface area contributed by atoms with Crippen molar-refractivity contribution in [2.75, 3.05) is 31.6 Å². The van der Waals surface area contributed by atoms with Crippen molar-refractivity contribution in [2.24, 2.45) is 5.73 Å². The van der Waals surface area contributed by atoms with Gasteiger partial charge in [0.25, 0.3) is 5.91 Å². The summed E-state index contributed by atoms with van der Waals surface area (Å²) >= 11 is 0. The molecule has 28 heavy (non-hydrogen) atoms. The number of carbonyl (C=O) groups excluding carboxylic acids is 1. The maximum Gasteiger partial charge on any atom is 0.254 e. The van der Waals surface area contributed by atoms with Gasteiger partial charge in [0.2, 0.25) is 0 Å². The van der Waals surface area contributed by atoms with Crippen molar-refractivity contribution in [1.29, 1.82) is 5.41 Å². The first kappa shape index (κ1) is 19.5. The second kappa shape index (κ2) is 8.62. The summed E-state index contributed by atoms with van der Waals surface area (Å²) in [6, 6.07) is 13.3. The first-order valence-electron chi connectivity index (χ1n) is 9.50. The number of hydrogen-bond acceptors (Lipinski definition) is 3. The van der Waals surface area contributed by atoms with Crippen molar-refractivity contribution >= 4 is 17.4 Å². The Bertz CT molecular complexity index is 949. The quantitative estimate of drug-likeness (QED) is 0.491. The number of benzene rings is 2. The molecule has 1 aliphatic rings. The zero-order valence-corrected chi connectivity index (χ0v) is 16.5. The van der Waals surface area contributed by atoms with Crippen LogP contribution in [0.2, 0.25) is 0 Å². The predicted molar refractivity (Wildman–Crippen MR) is 114 cm³/mol. The summed E-state index contributed by atoms with van der Waals surface area (Å²) in [5.41, 5.74) is 9.86. The van der Waals surface area contributed by atoms with Crippen molar-refractivity contribution in [2.45, 2.75) is 19.8 Å². The van der Waals surface area contributed by atoms with Crippen molar-refractivity contribution in [3.8, 4) is 11.8 Å². The maximum absolute atomic E-state index is 12.6. The van der Waals surface area contributed by atoms with E-state index in [4.69, 9.17) is 11.1 Å². The Labute approximate surface area is 166 Å². The van der Waals surface area contributed by atoms with Gasteiger partial charge in [-0.25, -0.2) is 0 Å². The second-order valence-electron chi connectivity index (χ2n) is 7.15. The van der Waals surface area contributed by atoms with Crippen LogP contribution in [0.15, 0.2) is 42.5 Å². The van der Waals surface area contributed by atoms with Gasteiger partial charge in [-0.1, -0.05) is 24.0 Å². The zero-order chi connectivity index (χ0) is 20.1. The summed E-state index contributed by atoms with van der Waals surface area (Å²) in [5.74, 6) is 6.53. The van der Waals surface area contributed by atoms with E-state index in [2.05, 4.69) is 11.8 Å². The Morgan fingerprint density at radius 1 is 1.21 bits per heavy atom. The summed E-state index contributed by atoms with van der Waals surface area (Å²) in [6.45, 7) is 4.23. The molecule has 2 aromatic carbocycles. The van der Waals surface area contributed by atoms with Crippen LogP contribution in [0.25, 0.3) is 0 Å². The lowest BCUT2D eigenvalue weighted by Gasteiger charge is -2.17. The Hall–Kier alpha value is -3.26. The Kier molecular flexibility index (Phi) is 6.00. The smallest absolute Gasteiger partial charge is 0.254 e. The second-order valence-corrected chi connectivity index (χ2v) is 7.15. The van der Waals surface area contributed by atoms with Gasteiger partial charge in [-0.05, 0) is 55.7 Å². The molecule has 2 aromatic rings. The van der Waals surface area contributed by atoms with Crippen LogP contribution in [-0.2, 0) is 0 Å². The molecule has 3 N–H and O–H groups in total. The van der Waals surface area contributed by atoms with Crippen molar-refractivity contribution in [3.05, 3.63) is 64.7 Å². The minimum atomic E-state index is 0.0559. The molecule has 0 aliphatic carbocycles. The molecule has 3 rings (SSSR count). The molecule has 0 radical (unpaired) electrons. The number of aryl methyl sites for hydroxylation is 1. The normalized spacial score (nSPS) is 13.0. The van der Waals surface area contributed by atoms with E-state index in [-0.39, 0.29) is 11.7 Å². The number of likely N-dealkylation sites (tertiary alicyclic amines) is 1. The van der Waals surface area contributed by atoms with Crippen LogP contribution >= 0.6 is 0 Å². The van der Waals surface area contributed by atoms with E-state index in [0.29, 0.717) is 12.1 Å². The van der Waals surface area contributed by atoms with Gasteiger partial charge in [0, 0.05) is 42.5 Å². The third-order valence-corrected chi connectivity index (χ3v) is 5.00. The summed E-state index contributed by atoms with van der Waals surface area (Å²) < 4.78 is 0. The number of nitrogen functional groups attached to an aromatic ring is 1. The molecule has 0 aromatic heterocycles. The highest BCUT2D eigenvalue weighted by Crippen LogP contribution is 2.17. The molecule has 1 amide bonds. The van der Waals surface area contributed by atoms with Crippen LogP contribution < -0.4 is 10.6 Å². The minimum absolute atomic E-state index is 0.0559. The molecule has 1 fully saturated rings. The third kappa shape index (κ3) is 4.52. The number of amidine groups is 1. The number of anilines is 1. The summed E-state index contributed by atoms with van der Waals surface area (Å²) in [5, 5.41) is 7.55. The van der Waals surface area contributed by atoms with E-state index in [1.165, 1.54) is 0 Å². The molecule has 5 nitrogen and oxygen atoms in total. The van der Waals surface area contributed by atoms with E-state index in [1.807, 2.05) is 66.2 Å². The van der Waals surface area contributed by atoms with Crippen LogP contribution in [-0.4, -0.2) is 43.3 Å². The van der Waals surface area contributed by atoms with Gasteiger partial charge in [-0.15, -0.1) is 0 Å². The fourth-order valence-electron chi connectivity index (χ4n) is 3.33. The van der Waals surface area contributed by atoms with E-state index in [0.717, 1.165) is 48.3 Å². The van der Waals surface area contributed by atoms with Crippen LogP contribution in [0.1, 0.15) is 39.9 Å². The van der Waals surface area contributed by atoms with E-state index in [9.17, 15) is 4.79 Å². The number of nitrogens with two attached hydrogens (primary N) is 1. The van der Waals surface area contributed by atoms with E-state index >= 15 is 0 Å². The lowest BCUT2D eigenvalue weighted by Crippen LogP contribution is -2.28. The van der Waals surface area contributed by atoms with E-state index < -0.39 is 0 Å². The standard InChI is InChI=1S/C23H26N4O/c1-17-15-18(10-11-21(17)23(28)27-13-3-4-14-27)7-6-12-26(2)20-9-5-8-19(16-20)22(24)25/h5,8-11,15-16H,3-4,12-14H2,1-2H3,(H3,24,25). The van der Waals surface area contributed by atoms with Crippen LogP contribution in [0.3, 0.4) is 0 Å². The third-order valence-electron chi connectivity index (χ3n) is 5.00. The van der Waals surface area contributed by atoms with Gasteiger partial charge < -0.3 is 15.5 Å². The van der Waals surface area contributed by atoms with E-state index in [1.54, 1.807) is 0 Å². The molecule has 0 saturated carbocycles. The van der Waals surface area contributed by atoms with Gasteiger partial charge >= 0.3 is 0 Å². The lowest BCUT2D eigenvalue weighted by molar-refractivity contribution is 0.0792. The Morgan fingerprint density at radius 3 is 2.64 bits per heavy atom. The number of hydrogen-bond donors (Lipinski definition) is 2. The number of nitrogens with one attached hydrogen (secondary N) is 1. The Balaban J connectivity index is 1.67. The first-order chi connectivity index (χ1) is 13.5. The number of rotatable bonds is 4. The van der Waals surface area contributed by atoms with Crippen molar-refractivity contribution in [1.82, 2.24) is 4.90 Å². The number of carbonyl (C=O) groups is 1. The molecular weight excluding hydrogens is 348 g/mol. The van der Waals surface area contributed by atoms with Gasteiger partial charge in [-0.3, -0.25) is 10.2 Å². The monoisotopic (exact) mass is 374 g/mol. The topological polar surface area (TPSA) is 73.4 Å². The van der Waals surface area contributed by atoms with Crippen LogP contribution in [0.4, 0.5) is 5.69 Å². The largest absolute Gasteiger partial charge is 0.384 e. The summed E-state index contributed by atoms with van der Waals surface area (Å²) in [7, 11) is 1.96. The van der Waals surface area contributed by atoms with Crippen LogP contribution in [0, 0.1) is 24.2 Å². The molecular formula is C23H26N4O. The highest BCUT2D eigenvalue weighted by Gasteiger charge is 2.20. The van der Waals surface area contributed by atoms with Gasteiger partial charge in [0.15, 0.2) is 0 Å². The average molecular weight is 374 g/mol. The maximum atomic E-state index is 12.6. The lowest BCUT2D eigenvalue weighted by atomic mass is 10.0. The molecule has 1 heterocycles. The summed E-state index contributed by atoms with van der Waals surface area (Å²) in [6.07, 6.45) is 2.19. The molecule has 1 aliphatic heterocycles. The molecule has 0 unspecified atom stereocenters. The van der Waals surface area contributed by atoms with Crippen molar-refractivity contribution < 1.29 is 4.79 Å².